The highest BCUT2D eigenvalue weighted by molar-refractivity contribution is 7.89. The number of nitrogens with zero attached hydrogens (tertiary/aromatic N) is 1. The minimum Gasteiger partial charge on any atom is -0.383 e. The Hall–Kier alpha value is -1.13. The Kier molecular flexibility index (Phi) is 4.93. The van der Waals surface area contributed by atoms with Crippen molar-refractivity contribution in [3.8, 4) is 6.07 Å². The minimum atomic E-state index is -3.77. The smallest absolute Gasteiger partial charge is 0.242 e. The lowest BCUT2D eigenvalue weighted by Crippen LogP contribution is -2.46. The summed E-state index contributed by atoms with van der Waals surface area (Å²) in [6, 6.07) is 5.93. The molecule has 1 N–H and O–H groups in total. The second kappa shape index (κ2) is 5.88. The van der Waals surface area contributed by atoms with Crippen molar-refractivity contribution in [3.63, 3.8) is 0 Å². The van der Waals surface area contributed by atoms with Crippen LogP contribution in [-0.2, 0) is 14.8 Å². The summed E-state index contributed by atoms with van der Waals surface area (Å²) in [6.45, 7) is 3.62. The minimum absolute atomic E-state index is 0.0137. The van der Waals surface area contributed by atoms with Gasteiger partial charge < -0.3 is 4.74 Å². The van der Waals surface area contributed by atoms with Gasteiger partial charge in [0.25, 0.3) is 0 Å². The molecule has 0 amide bonds. The highest BCUT2D eigenvalue weighted by Crippen LogP contribution is 2.23. The van der Waals surface area contributed by atoms with Gasteiger partial charge in [0.2, 0.25) is 10.0 Å². The number of hydrogen-bond acceptors (Lipinski definition) is 4. The molecule has 1 aromatic rings. The van der Waals surface area contributed by atoms with E-state index >= 15 is 0 Å². The summed E-state index contributed by atoms with van der Waals surface area (Å²) in [5.41, 5.74) is -0.453. The van der Waals surface area contributed by atoms with Crippen LogP contribution in [0.5, 0.6) is 0 Å². The number of methoxy groups -OCH3 is 1. The van der Waals surface area contributed by atoms with Crippen LogP contribution < -0.4 is 4.72 Å². The first-order valence-corrected chi connectivity index (χ1v) is 7.30. The molecule has 0 saturated heterocycles. The van der Waals surface area contributed by atoms with E-state index in [9.17, 15) is 8.42 Å². The van der Waals surface area contributed by atoms with Crippen LogP contribution in [0.3, 0.4) is 0 Å². The summed E-state index contributed by atoms with van der Waals surface area (Å²) in [5, 5.41) is 8.74. The van der Waals surface area contributed by atoms with Gasteiger partial charge in [-0.1, -0.05) is 11.6 Å². The van der Waals surface area contributed by atoms with Crippen molar-refractivity contribution in [3.05, 3.63) is 28.8 Å². The molecule has 19 heavy (non-hydrogen) atoms. The quantitative estimate of drug-likeness (QED) is 0.901. The Bertz CT molecular complexity index is 606. The maximum atomic E-state index is 12.2. The van der Waals surface area contributed by atoms with Crippen LogP contribution in [0, 0.1) is 11.3 Å². The molecule has 0 fully saturated rings. The van der Waals surface area contributed by atoms with E-state index in [1.165, 1.54) is 25.3 Å². The largest absolute Gasteiger partial charge is 0.383 e. The van der Waals surface area contributed by atoms with Crippen molar-refractivity contribution in [2.75, 3.05) is 13.7 Å². The Morgan fingerprint density at radius 2 is 2.11 bits per heavy atom. The Morgan fingerprint density at radius 1 is 1.47 bits per heavy atom. The topological polar surface area (TPSA) is 79.2 Å². The molecule has 0 aliphatic heterocycles. The SMILES string of the molecule is COCC(C)(C)NS(=O)(=O)c1ccc(C#N)cc1Cl. The molecule has 0 aliphatic carbocycles. The molecule has 0 saturated carbocycles. The van der Waals surface area contributed by atoms with Gasteiger partial charge in [0.05, 0.1) is 28.8 Å². The third kappa shape index (κ3) is 4.18. The van der Waals surface area contributed by atoms with E-state index in [1.807, 2.05) is 6.07 Å². The van der Waals surface area contributed by atoms with Crippen molar-refractivity contribution in [1.82, 2.24) is 4.72 Å². The Labute approximate surface area is 118 Å². The first kappa shape index (κ1) is 15.9. The molecule has 0 bridgehead atoms. The molecule has 0 atom stereocenters. The number of nitriles is 1. The zero-order valence-corrected chi connectivity index (χ0v) is 12.5. The fourth-order valence-electron chi connectivity index (χ4n) is 1.60. The molecule has 0 aliphatic rings. The second-order valence-corrected chi connectivity index (χ2v) is 6.74. The molecule has 1 aromatic carbocycles. The molecular formula is C12H15ClN2O3S. The van der Waals surface area contributed by atoms with E-state index in [4.69, 9.17) is 21.6 Å². The van der Waals surface area contributed by atoms with E-state index in [0.29, 0.717) is 5.56 Å². The summed E-state index contributed by atoms with van der Waals surface area (Å²) >= 11 is 5.90. The van der Waals surface area contributed by atoms with E-state index in [0.717, 1.165) is 0 Å². The third-order valence-corrected chi connectivity index (χ3v) is 4.45. The summed E-state index contributed by atoms with van der Waals surface area (Å²) < 4.78 is 31.9. The van der Waals surface area contributed by atoms with Gasteiger partial charge in [0.15, 0.2) is 0 Å². The van der Waals surface area contributed by atoms with Gasteiger partial charge >= 0.3 is 0 Å². The highest BCUT2D eigenvalue weighted by Gasteiger charge is 2.27. The van der Waals surface area contributed by atoms with Gasteiger partial charge in [-0.15, -0.1) is 0 Å². The maximum absolute atomic E-state index is 12.2. The highest BCUT2D eigenvalue weighted by atomic mass is 35.5. The fraction of sp³-hybridized carbons (Fsp3) is 0.417. The second-order valence-electron chi connectivity index (χ2n) is 4.68. The molecule has 0 spiro atoms. The molecule has 104 valence electrons. The Morgan fingerprint density at radius 3 is 2.58 bits per heavy atom. The van der Waals surface area contributed by atoms with Gasteiger partial charge in [-0.05, 0) is 32.0 Å². The molecular weight excluding hydrogens is 288 g/mol. The molecule has 0 radical (unpaired) electrons. The van der Waals surface area contributed by atoms with E-state index < -0.39 is 15.6 Å². The lowest BCUT2D eigenvalue weighted by molar-refractivity contribution is 0.141. The van der Waals surface area contributed by atoms with Crippen molar-refractivity contribution < 1.29 is 13.2 Å². The van der Waals surface area contributed by atoms with Crippen molar-refractivity contribution >= 4 is 21.6 Å². The Balaban J connectivity index is 3.12. The summed E-state index contributed by atoms with van der Waals surface area (Å²) in [6.07, 6.45) is 0. The fourth-order valence-corrected chi connectivity index (χ4v) is 3.54. The van der Waals surface area contributed by atoms with Crippen LogP contribution in [0.25, 0.3) is 0 Å². The average Bonchev–Trinajstić information content (AvgIpc) is 2.26. The zero-order chi connectivity index (χ0) is 14.7. The molecule has 0 unspecified atom stereocenters. The van der Waals surface area contributed by atoms with E-state index in [1.54, 1.807) is 13.8 Å². The number of rotatable bonds is 5. The van der Waals surface area contributed by atoms with Gasteiger partial charge in [0.1, 0.15) is 4.90 Å². The van der Waals surface area contributed by atoms with Crippen molar-refractivity contribution in [2.24, 2.45) is 0 Å². The first-order valence-electron chi connectivity index (χ1n) is 5.44. The van der Waals surface area contributed by atoms with E-state index in [2.05, 4.69) is 4.72 Å². The van der Waals surface area contributed by atoms with Crippen molar-refractivity contribution in [1.29, 1.82) is 5.26 Å². The van der Waals surface area contributed by atoms with Crippen LogP contribution >= 0.6 is 11.6 Å². The van der Waals surface area contributed by atoms with Gasteiger partial charge in [0, 0.05) is 7.11 Å². The van der Waals surface area contributed by atoms with Gasteiger partial charge in [-0.3, -0.25) is 0 Å². The van der Waals surface area contributed by atoms with Gasteiger partial charge in [-0.2, -0.15) is 5.26 Å². The summed E-state index contributed by atoms with van der Waals surface area (Å²) in [4.78, 5) is -0.0580. The first-order chi connectivity index (χ1) is 8.72. The molecule has 1 rings (SSSR count). The monoisotopic (exact) mass is 302 g/mol. The third-order valence-electron chi connectivity index (χ3n) is 2.27. The standard InChI is InChI=1S/C12H15ClN2O3S/c1-12(2,8-18-3)15-19(16,17)11-5-4-9(7-14)6-10(11)13/h4-6,15H,8H2,1-3H3. The van der Waals surface area contributed by atoms with Crippen LogP contribution in [0.2, 0.25) is 5.02 Å². The van der Waals surface area contributed by atoms with E-state index in [-0.39, 0.29) is 16.5 Å². The average molecular weight is 303 g/mol. The normalized spacial score (nSPS) is 12.2. The molecule has 0 heterocycles. The van der Waals surface area contributed by atoms with Crippen LogP contribution in [0.1, 0.15) is 19.4 Å². The maximum Gasteiger partial charge on any atom is 0.242 e. The molecule has 7 heteroatoms. The zero-order valence-electron chi connectivity index (χ0n) is 10.9. The summed E-state index contributed by atoms with van der Waals surface area (Å²) in [5.74, 6) is 0. The number of benzene rings is 1. The number of nitrogens with one attached hydrogen (secondary N) is 1. The lowest BCUT2D eigenvalue weighted by Gasteiger charge is -2.25. The number of ether oxygens (including phenoxy) is 1. The summed E-state index contributed by atoms with van der Waals surface area (Å²) in [7, 11) is -2.28. The van der Waals surface area contributed by atoms with Gasteiger partial charge in [-0.25, -0.2) is 13.1 Å². The lowest BCUT2D eigenvalue weighted by atomic mass is 10.1. The van der Waals surface area contributed by atoms with Crippen LogP contribution in [0.4, 0.5) is 0 Å². The molecule has 0 aromatic heterocycles. The predicted octanol–water partition coefficient (Wildman–Crippen LogP) is 1.91. The number of hydrogen-bond donors (Lipinski definition) is 1. The number of sulfonamides is 1. The predicted molar refractivity (Wildman–Crippen MR) is 72.4 cm³/mol. The van der Waals surface area contributed by atoms with Crippen molar-refractivity contribution in [2.45, 2.75) is 24.3 Å². The molecule has 5 nitrogen and oxygen atoms in total. The van der Waals surface area contributed by atoms with Crippen LogP contribution in [-0.4, -0.2) is 27.7 Å². The van der Waals surface area contributed by atoms with Crippen LogP contribution in [0.15, 0.2) is 23.1 Å². The number of halogens is 1.